The number of nitrogens with zero attached hydrogens (tertiary/aromatic N) is 4. The van der Waals surface area contributed by atoms with E-state index in [1.54, 1.807) is 67.6 Å². The van der Waals surface area contributed by atoms with Gasteiger partial charge in [0.1, 0.15) is 11.4 Å². The van der Waals surface area contributed by atoms with Gasteiger partial charge in [0.2, 0.25) is 0 Å². The zero-order chi connectivity index (χ0) is 24.0. The number of nitrogens with one attached hydrogen (secondary N) is 2. The van der Waals surface area contributed by atoms with Gasteiger partial charge in [-0.3, -0.25) is 0 Å². The van der Waals surface area contributed by atoms with Crippen molar-refractivity contribution in [1.82, 2.24) is 28.7 Å². The van der Waals surface area contributed by atoms with Crippen molar-refractivity contribution in [3.8, 4) is 28.5 Å². The molecule has 11 heteroatoms. The number of hydrogen-bond acceptors (Lipinski definition) is 5. The topological polar surface area (TPSA) is 140 Å². The summed E-state index contributed by atoms with van der Waals surface area (Å²) in [6, 6.07) is 19.5. The molecule has 0 spiro atoms. The average Bonchev–Trinajstić information content (AvgIpc) is 3.30. The van der Waals surface area contributed by atoms with Gasteiger partial charge in [-0.2, -0.15) is 4.68 Å². The van der Waals surface area contributed by atoms with E-state index in [1.807, 2.05) is 0 Å². The molecule has 2 heterocycles. The number of aryl methyl sites for hydroxylation is 1. The summed E-state index contributed by atoms with van der Waals surface area (Å²) in [6.07, 6.45) is 0. The summed E-state index contributed by atoms with van der Waals surface area (Å²) in [7, 11) is 0. The van der Waals surface area contributed by atoms with Gasteiger partial charge in [-0.25, -0.2) is 43.2 Å². The molecule has 0 aliphatic heterocycles. The molecule has 34 heavy (non-hydrogen) atoms. The number of rotatable bonds is 4. The predicted octanol–water partition coefficient (Wildman–Crippen LogP) is 0.960. The van der Waals surface area contributed by atoms with E-state index in [0.717, 1.165) is 18.5 Å². The molecular formula is C23H18N6O5. The second kappa shape index (κ2) is 7.81. The van der Waals surface area contributed by atoms with Gasteiger partial charge in [-0.05, 0) is 48.9 Å². The van der Waals surface area contributed by atoms with Gasteiger partial charge in [-0.1, -0.05) is 36.4 Å². The van der Waals surface area contributed by atoms with E-state index in [0.29, 0.717) is 16.9 Å². The highest BCUT2D eigenvalue weighted by Gasteiger charge is 2.19. The molecule has 0 amide bonds. The lowest BCUT2D eigenvalue weighted by atomic mass is 10.1. The number of aromatic nitrogens is 6. The van der Waals surface area contributed by atoms with Crippen molar-refractivity contribution in [2.45, 2.75) is 6.92 Å². The van der Waals surface area contributed by atoms with Crippen LogP contribution in [0.15, 0.2) is 92.0 Å². The zero-order valence-corrected chi connectivity index (χ0v) is 17.8. The monoisotopic (exact) mass is 458 g/mol. The fraction of sp³-hybridized carbons (Fsp3) is 0.0435. The Hall–Kier alpha value is -5.06. The third-order valence-corrected chi connectivity index (χ3v) is 5.38. The summed E-state index contributed by atoms with van der Waals surface area (Å²) in [4.78, 5) is 51.2. The highest BCUT2D eigenvalue weighted by Crippen LogP contribution is 2.27. The Bertz CT molecular complexity index is 1750. The number of phenolic OH excluding ortho intramolecular Hbond substituents is 1. The van der Waals surface area contributed by atoms with Crippen LogP contribution < -0.4 is 22.8 Å². The summed E-state index contributed by atoms with van der Waals surface area (Å²) in [6.45, 7) is 1.57. The number of aromatic amines is 2. The number of para-hydroxylation sites is 2. The molecule has 0 fully saturated rings. The van der Waals surface area contributed by atoms with Crippen LogP contribution in [0.1, 0.15) is 5.56 Å². The van der Waals surface area contributed by atoms with Crippen molar-refractivity contribution < 1.29 is 5.11 Å². The molecule has 0 aliphatic rings. The minimum atomic E-state index is -0.745. The molecule has 0 bridgehead atoms. The Morgan fingerprint density at radius 2 is 1.12 bits per heavy atom. The molecule has 0 aliphatic carbocycles. The zero-order valence-electron chi connectivity index (χ0n) is 17.8. The third kappa shape index (κ3) is 3.23. The maximum absolute atomic E-state index is 13.1. The quantitative estimate of drug-likeness (QED) is 0.368. The first kappa shape index (κ1) is 20.8. The number of benzene rings is 3. The van der Waals surface area contributed by atoms with E-state index in [9.17, 15) is 24.3 Å². The second-order valence-corrected chi connectivity index (χ2v) is 7.54. The highest BCUT2D eigenvalue weighted by atomic mass is 16.3. The van der Waals surface area contributed by atoms with Gasteiger partial charge in [0.25, 0.3) is 0 Å². The number of H-pyrrole nitrogens is 2. The molecule has 2 aromatic heterocycles. The first-order valence-corrected chi connectivity index (χ1v) is 10.2. The number of phenols is 1. The van der Waals surface area contributed by atoms with Crippen molar-refractivity contribution in [2.75, 3.05) is 0 Å². The molecular weight excluding hydrogens is 440 g/mol. The molecule has 5 aromatic rings. The van der Waals surface area contributed by atoms with E-state index < -0.39 is 22.8 Å². The average molecular weight is 458 g/mol. The van der Waals surface area contributed by atoms with Crippen LogP contribution in [-0.4, -0.2) is 33.8 Å². The lowest BCUT2D eigenvalue weighted by Crippen LogP contribution is -2.27. The lowest BCUT2D eigenvalue weighted by Gasteiger charge is -2.10. The summed E-state index contributed by atoms with van der Waals surface area (Å²) in [5.74, 6) is -0.273. The third-order valence-electron chi connectivity index (χ3n) is 5.38. The summed E-state index contributed by atoms with van der Waals surface area (Å²) < 4.78 is 3.77. The van der Waals surface area contributed by atoms with E-state index in [4.69, 9.17) is 0 Å². The Morgan fingerprint density at radius 1 is 0.647 bits per heavy atom. The summed E-state index contributed by atoms with van der Waals surface area (Å²) >= 11 is 0. The minimum Gasteiger partial charge on any atom is -0.505 e. The molecule has 5 rings (SSSR count). The molecule has 0 saturated carbocycles. The first-order chi connectivity index (χ1) is 16.4. The summed E-state index contributed by atoms with van der Waals surface area (Å²) in [5.41, 5.74) is -1.63. The molecule has 0 radical (unpaired) electrons. The van der Waals surface area contributed by atoms with Gasteiger partial charge in [0.05, 0.1) is 17.1 Å². The van der Waals surface area contributed by atoms with Gasteiger partial charge in [-0.15, -0.1) is 0 Å². The largest absolute Gasteiger partial charge is 0.505 e. The minimum absolute atomic E-state index is 0.0630. The Morgan fingerprint density at radius 3 is 1.65 bits per heavy atom. The maximum atomic E-state index is 13.1. The van der Waals surface area contributed by atoms with Crippen LogP contribution in [0.2, 0.25) is 0 Å². The smallest absolute Gasteiger partial charge is 0.356 e. The van der Waals surface area contributed by atoms with Crippen molar-refractivity contribution >= 4 is 0 Å². The van der Waals surface area contributed by atoms with Gasteiger partial charge in [0, 0.05) is 0 Å². The number of hydrogen-bond donors (Lipinski definition) is 3. The summed E-state index contributed by atoms with van der Waals surface area (Å²) in [5, 5.41) is 15.6. The maximum Gasteiger partial charge on any atom is 0.356 e. The van der Waals surface area contributed by atoms with Crippen molar-refractivity contribution in [3.05, 3.63) is 120 Å². The lowest BCUT2D eigenvalue weighted by molar-refractivity contribution is 0.465. The van der Waals surface area contributed by atoms with Crippen LogP contribution in [-0.2, 0) is 0 Å². The highest BCUT2D eigenvalue weighted by molar-refractivity contribution is 5.56. The van der Waals surface area contributed by atoms with Crippen molar-refractivity contribution in [3.63, 3.8) is 0 Å². The molecule has 3 aromatic carbocycles. The normalized spacial score (nSPS) is 11.1. The fourth-order valence-electron chi connectivity index (χ4n) is 3.75. The van der Waals surface area contributed by atoms with Crippen LogP contribution in [0.25, 0.3) is 22.7 Å². The molecule has 0 saturated heterocycles. The second-order valence-electron chi connectivity index (χ2n) is 7.54. The predicted molar refractivity (Wildman–Crippen MR) is 124 cm³/mol. The van der Waals surface area contributed by atoms with Gasteiger partial charge >= 0.3 is 22.8 Å². The van der Waals surface area contributed by atoms with Crippen LogP contribution in [0.3, 0.4) is 0 Å². The van der Waals surface area contributed by atoms with Crippen LogP contribution in [0.5, 0.6) is 5.75 Å². The first-order valence-electron chi connectivity index (χ1n) is 10.2. The van der Waals surface area contributed by atoms with Crippen molar-refractivity contribution in [1.29, 1.82) is 0 Å². The molecule has 3 N–H and O–H groups in total. The SMILES string of the molecule is Cc1cc(-n2[nH]c(=O)n(-c3ccccc3)c2=O)cc(-n2[nH]c(=O)n(-c3ccccc3)c2=O)c1O. The van der Waals surface area contributed by atoms with E-state index >= 15 is 0 Å². The van der Waals surface area contributed by atoms with E-state index in [-0.39, 0.29) is 17.1 Å². The van der Waals surface area contributed by atoms with E-state index in [2.05, 4.69) is 10.2 Å². The van der Waals surface area contributed by atoms with Crippen LogP contribution in [0.4, 0.5) is 0 Å². The Balaban J connectivity index is 1.71. The van der Waals surface area contributed by atoms with Crippen molar-refractivity contribution in [2.24, 2.45) is 0 Å². The van der Waals surface area contributed by atoms with Gasteiger partial charge < -0.3 is 5.11 Å². The standard InChI is InChI=1S/C23H18N6O5/c1-14-12-17(28-22(33)26(20(31)24-28)15-8-4-2-5-9-15)13-18(19(14)30)29-23(34)27(21(32)25-29)16-10-6-3-7-11-16/h2-13,30H,1H3,(H,24,31)(H,25,32). The molecule has 11 nitrogen and oxygen atoms in total. The molecule has 170 valence electrons. The Labute approximate surface area is 190 Å². The van der Waals surface area contributed by atoms with Crippen LogP contribution in [0, 0.1) is 6.92 Å². The molecule has 0 atom stereocenters. The van der Waals surface area contributed by atoms with Gasteiger partial charge in [0.15, 0.2) is 0 Å². The van der Waals surface area contributed by atoms with E-state index in [1.165, 1.54) is 12.1 Å². The van der Waals surface area contributed by atoms with Crippen LogP contribution >= 0.6 is 0 Å². The number of aromatic hydroxyl groups is 1. The fourth-order valence-corrected chi connectivity index (χ4v) is 3.75. The Kier molecular flexibility index (Phi) is 4.79. The molecule has 0 unspecified atom stereocenters.